The summed E-state index contributed by atoms with van der Waals surface area (Å²) in [6.45, 7) is 0. The molecule has 4 nitrogen and oxygen atoms in total. The number of nitrogens with zero attached hydrogens (tertiary/aromatic N) is 3. The third-order valence-electron chi connectivity index (χ3n) is 10.6. The summed E-state index contributed by atoms with van der Waals surface area (Å²) in [5, 5.41) is 4.81. The van der Waals surface area contributed by atoms with Gasteiger partial charge in [0.2, 0.25) is 0 Å². The molecule has 5 heteroatoms. The van der Waals surface area contributed by atoms with Crippen molar-refractivity contribution in [3.8, 4) is 67.5 Å². The van der Waals surface area contributed by atoms with Crippen LogP contribution in [-0.2, 0) is 0 Å². The number of benzene rings is 8. The molecule has 0 spiro atoms. The lowest BCUT2D eigenvalue weighted by Crippen LogP contribution is -2.00. The maximum atomic E-state index is 6.35. The number of thiophene rings is 1. The van der Waals surface area contributed by atoms with Gasteiger partial charge in [-0.15, -0.1) is 11.3 Å². The molecule has 8 aromatic carbocycles. The summed E-state index contributed by atoms with van der Waals surface area (Å²) in [5.41, 5.74) is 11.5. The number of fused-ring (bicyclic) bond motifs is 6. The van der Waals surface area contributed by atoms with Crippen LogP contribution in [0.1, 0.15) is 0 Å². The lowest BCUT2D eigenvalue weighted by atomic mass is 9.88. The summed E-state index contributed by atoms with van der Waals surface area (Å²) in [6.07, 6.45) is 0. The fraction of sp³-hybridized carbons (Fsp3) is 0. The van der Waals surface area contributed by atoms with Crippen LogP contribution in [0.3, 0.4) is 0 Å². The van der Waals surface area contributed by atoms with Crippen molar-refractivity contribution in [2.24, 2.45) is 0 Å². The molecule has 0 bridgehead atoms. The Bertz CT molecular complexity index is 3180. The summed E-state index contributed by atoms with van der Waals surface area (Å²) in [5.74, 6) is 1.93. The van der Waals surface area contributed by atoms with Crippen molar-refractivity contribution in [1.29, 1.82) is 0 Å². The molecular weight excluding hydrogens is 703 g/mol. The van der Waals surface area contributed by atoms with Crippen LogP contribution >= 0.6 is 11.3 Å². The van der Waals surface area contributed by atoms with Crippen LogP contribution in [0.5, 0.6) is 0 Å². The zero-order valence-corrected chi connectivity index (χ0v) is 30.9. The molecule has 11 aromatic rings. The van der Waals surface area contributed by atoms with Gasteiger partial charge in [-0.2, -0.15) is 0 Å². The second kappa shape index (κ2) is 13.3. The number of rotatable bonds is 6. The van der Waals surface area contributed by atoms with E-state index in [0.717, 1.165) is 60.9 Å². The smallest absolute Gasteiger partial charge is 0.164 e. The van der Waals surface area contributed by atoms with E-state index in [2.05, 4.69) is 115 Å². The first kappa shape index (κ1) is 32.2. The van der Waals surface area contributed by atoms with Gasteiger partial charge in [0, 0.05) is 47.6 Å². The Morgan fingerprint density at radius 3 is 1.61 bits per heavy atom. The van der Waals surface area contributed by atoms with E-state index < -0.39 is 0 Å². The number of para-hydroxylation sites is 1. The minimum Gasteiger partial charge on any atom is -0.456 e. The molecule has 0 unspecified atom stereocenters. The first-order valence-electron chi connectivity index (χ1n) is 18.7. The highest BCUT2D eigenvalue weighted by Gasteiger charge is 2.18. The van der Waals surface area contributed by atoms with E-state index >= 15 is 0 Å². The average Bonchev–Trinajstić information content (AvgIpc) is 3.85. The zero-order chi connectivity index (χ0) is 37.0. The second-order valence-corrected chi connectivity index (χ2v) is 15.0. The molecule has 0 N–H and O–H groups in total. The number of hydrogen-bond acceptors (Lipinski definition) is 5. The van der Waals surface area contributed by atoms with Crippen molar-refractivity contribution >= 4 is 53.4 Å². The molecule has 0 fully saturated rings. The molecule has 0 radical (unpaired) electrons. The Labute approximate surface area is 327 Å². The predicted octanol–water partition coefficient (Wildman–Crippen LogP) is 14.1. The summed E-state index contributed by atoms with van der Waals surface area (Å²) < 4.78 is 8.94. The quantitative estimate of drug-likeness (QED) is 0.171. The molecule has 0 amide bonds. The molecule has 0 aliphatic heterocycles. The van der Waals surface area contributed by atoms with Gasteiger partial charge in [0.25, 0.3) is 0 Å². The summed E-state index contributed by atoms with van der Waals surface area (Å²) in [4.78, 5) is 14.8. The van der Waals surface area contributed by atoms with E-state index in [-0.39, 0.29) is 0 Å². The van der Waals surface area contributed by atoms with Crippen LogP contribution in [0.2, 0.25) is 0 Å². The van der Waals surface area contributed by atoms with E-state index in [9.17, 15) is 0 Å². The standard InChI is InChI=1S/C51H31N3OS/c1-3-12-33(13-4-1)49-52-50(34-14-5-2-6-15-34)54-51(53-49)35-24-22-32(23-25-35)36-26-28-38(40-18-11-20-45-48(40)41-17-7-9-19-44(41)55-45)42(30-36)37-27-29-47-43(31-37)39-16-8-10-21-46(39)56-47/h1-31H. The maximum absolute atomic E-state index is 6.35. The van der Waals surface area contributed by atoms with E-state index in [1.165, 1.54) is 31.3 Å². The zero-order valence-electron chi connectivity index (χ0n) is 30.1. The van der Waals surface area contributed by atoms with Gasteiger partial charge in [-0.05, 0) is 69.8 Å². The minimum absolute atomic E-state index is 0.636. The molecule has 262 valence electrons. The van der Waals surface area contributed by atoms with E-state index in [4.69, 9.17) is 19.4 Å². The molecule has 11 rings (SSSR count). The van der Waals surface area contributed by atoms with Crippen molar-refractivity contribution in [3.05, 3.63) is 188 Å². The van der Waals surface area contributed by atoms with Gasteiger partial charge in [-0.25, -0.2) is 15.0 Å². The van der Waals surface area contributed by atoms with Crippen LogP contribution in [0, 0.1) is 0 Å². The number of furan rings is 1. The van der Waals surface area contributed by atoms with Crippen LogP contribution < -0.4 is 0 Å². The van der Waals surface area contributed by atoms with Crippen molar-refractivity contribution < 1.29 is 4.42 Å². The van der Waals surface area contributed by atoms with Crippen LogP contribution in [0.15, 0.2) is 192 Å². The topological polar surface area (TPSA) is 51.8 Å². The average molecular weight is 734 g/mol. The van der Waals surface area contributed by atoms with E-state index in [1.807, 2.05) is 84.1 Å². The molecule has 3 heterocycles. The van der Waals surface area contributed by atoms with Crippen molar-refractivity contribution in [3.63, 3.8) is 0 Å². The lowest BCUT2D eigenvalue weighted by Gasteiger charge is -2.15. The third kappa shape index (κ3) is 5.56. The highest BCUT2D eigenvalue weighted by atomic mass is 32.1. The predicted molar refractivity (Wildman–Crippen MR) is 233 cm³/mol. The Kier molecular flexibility index (Phi) is 7.64. The maximum Gasteiger partial charge on any atom is 0.164 e. The Morgan fingerprint density at radius 1 is 0.321 bits per heavy atom. The summed E-state index contributed by atoms with van der Waals surface area (Å²) in [7, 11) is 0. The highest BCUT2D eigenvalue weighted by Crippen LogP contribution is 2.44. The molecule has 0 aliphatic carbocycles. The van der Waals surface area contributed by atoms with Gasteiger partial charge in [0.1, 0.15) is 11.2 Å². The van der Waals surface area contributed by atoms with Gasteiger partial charge in [-0.1, -0.05) is 152 Å². The van der Waals surface area contributed by atoms with E-state index in [0.29, 0.717) is 17.5 Å². The molecule has 3 aromatic heterocycles. The van der Waals surface area contributed by atoms with Gasteiger partial charge in [0.05, 0.1) is 0 Å². The molecule has 0 aliphatic rings. The van der Waals surface area contributed by atoms with Crippen molar-refractivity contribution in [2.75, 3.05) is 0 Å². The minimum atomic E-state index is 0.636. The van der Waals surface area contributed by atoms with Crippen LogP contribution in [-0.4, -0.2) is 15.0 Å². The normalized spacial score (nSPS) is 11.6. The Hall–Kier alpha value is -7.21. The molecule has 0 saturated heterocycles. The number of hydrogen-bond donors (Lipinski definition) is 0. The Balaban J connectivity index is 1.06. The molecule has 0 saturated carbocycles. The first-order valence-corrected chi connectivity index (χ1v) is 19.5. The van der Waals surface area contributed by atoms with Crippen LogP contribution in [0.4, 0.5) is 0 Å². The van der Waals surface area contributed by atoms with Crippen molar-refractivity contribution in [1.82, 2.24) is 15.0 Å². The molecule has 0 atom stereocenters. The fourth-order valence-corrected chi connectivity index (χ4v) is 8.93. The number of aromatic nitrogens is 3. The largest absolute Gasteiger partial charge is 0.456 e. The highest BCUT2D eigenvalue weighted by molar-refractivity contribution is 7.25. The van der Waals surface area contributed by atoms with Gasteiger partial charge >= 0.3 is 0 Å². The molecule has 56 heavy (non-hydrogen) atoms. The fourth-order valence-electron chi connectivity index (χ4n) is 7.84. The summed E-state index contributed by atoms with van der Waals surface area (Å²) >= 11 is 1.84. The summed E-state index contributed by atoms with van der Waals surface area (Å²) in [6, 6.07) is 65.9. The molecular formula is C51H31N3OS. The van der Waals surface area contributed by atoms with Gasteiger partial charge in [-0.3, -0.25) is 0 Å². The SMILES string of the molecule is c1ccc(-c2nc(-c3ccccc3)nc(-c3ccc(-c4ccc(-c5cccc6oc7ccccc7c56)c(-c5ccc6sc7ccccc7c6c5)c4)cc3)n2)cc1. The van der Waals surface area contributed by atoms with Gasteiger partial charge in [0.15, 0.2) is 17.5 Å². The van der Waals surface area contributed by atoms with Gasteiger partial charge < -0.3 is 4.42 Å². The monoisotopic (exact) mass is 733 g/mol. The first-order chi connectivity index (χ1) is 27.7. The second-order valence-electron chi connectivity index (χ2n) is 14.0. The van der Waals surface area contributed by atoms with E-state index in [1.54, 1.807) is 0 Å². The van der Waals surface area contributed by atoms with Crippen LogP contribution in [0.25, 0.3) is 110 Å². The third-order valence-corrected chi connectivity index (χ3v) is 11.7. The van der Waals surface area contributed by atoms with Crippen molar-refractivity contribution in [2.45, 2.75) is 0 Å². The lowest BCUT2D eigenvalue weighted by molar-refractivity contribution is 0.669. The Morgan fingerprint density at radius 2 is 0.875 bits per heavy atom.